The number of carboxylic acids is 2. The molecule has 7 heteroatoms. The van der Waals surface area contributed by atoms with E-state index in [0.717, 1.165) is 6.07 Å². The summed E-state index contributed by atoms with van der Waals surface area (Å²) in [6.07, 6.45) is -0.154. The van der Waals surface area contributed by atoms with Crippen molar-refractivity contribution in [2.75, 3.05) is 19.8 Å². The zero-order valence-electron chi connectivity index (χ0n) is 10.6. The normalized spacial score (nSPS) is 11.3. The Balaban J connectivity index is 3.35. The molecular weight excluding hydrogens is 268 g/mol. The van der Waals surface area contributed by atoms with Crippen molar-refractivity contribution < 1.29 is 35.1 Å². The number of hydrogen-bond acceptors (Lipinski definition) is 5. The van der Waals surface area contributed by atoms with Gasteiger partial charge in [0, 0.05) is 5.41 Å². The molecular formula is C13H16O7. The predicted octanol–water partition coefficient (Wildman–Crippen LogP) is -0.411. The summed E-state index contributed by atoms with van der Waals surface area (Å²) < 4.78 is 0. The van der Waals surface area contributed by atoms with Gasteiger partial charge in [-0.05, 0) is 18.1 Å². The van der Waals surface area contributed by atoms with E-state index in [1.165, 1.54) is 12.1 Å². The lowest BCUT2D eigenvalue weighted by molar-refractivity contribution is 0.00570. The smallest absolute Gasteiger partial charge is 0.336 e. The second-order valence-corrected chi connectivity index (χ2v) is 4.60. The van der Waals surface area contributed by atoms with Crippen molar-refractivity contribution in [1.82, 2.24) is 0 Å². The number of aliphatic hydroxyl groups is 3. The van der Waals surface area contributed by atoms with Crippen LogP contribution in [0.5, 0.6) is 0 Å². The van der Waals surface area contributed by atoms with Gasteiger partial charge in [0.05, 0.1) is 30.9 Å². The molecule has 1 rings (SSSR count). The molecule has 1 aromatic carbocycles. The Bertz CT molecular complexity index is 497. The maximum absolute atomic E-state index is 11.2. The number of benzene rings is 1. The van der Waals surface area contributed by atoms with Gasteiger partial charge in [0.15, 0.2) is 0 Å². The molecule has 0 atom stereocenters. The highest BCUT2D eigenvalue weighted by molar-refractivity contribution is 6.02. The van der Waals surface area contributed by atoms with Crippen molar-refractivity contribution in [1.29, 1.82) is 0 Å². The van der Waals surface area contributed by atoms with Gasteiger partial charge in [0.1, 0.15) is 0 Å². The molecule has 0 aliphatic heterocycles. The number of aliphatic hydroxyl groups excluding tert-OH is 3. The van der Waals surface area contributed by atoms with Gasteiger partial charge in [0.2, 0.25) is 0 Å². The molecule has 0 heterocycles. The summed E-state index contributed by atoms with van der Waals surface area (Å²) in [6, 6.07) is 3.93. The largest absolute Gasteiger partial charge is 0.478 e. The summed E-state index contributed by atoms with van der Waals surface area (Å²) in [5, 5.41) is 45.9. The molecule has 110 valence electrons. The van der Waals surface area contributed by atoms with E-state index < -0.39 is 42.7 Å². The van der Waals surface area contributed by atoms with Crippen molar-refractivity contribution in [3.05, 3.63) is 34.9 Å². The van der Waals surface area contributed by atoms with E-state index >= 15 is 0 Å². The van der Waals surface area contributed by atoms with Crippen molar-refractivity contribution >= 4 is 11.9 Å². The molecule has 1 aromatic rings. The van der Waals surface area contributed by atoms with Crippen molar-refractivity contribution in [2.24, 2.45) is 5.41 Å². The number of carboxylic acid groups (broad SMARTS) is 2. The lowest BCUT2D eigenvalue weighted by Gasteiger charge is -2.28. The van der Waals surface area contributed by atoms with Crippen LogP contribution in [0.3, 0.4) is 0 Å². The van der Waals surface area contributed by atoms with Gasteiger partial charge in [-0.25, -0.2) is 9.59 Å². The highest BCUT2D eigenvalue weighted by atomic mass is 16.4. The van der Waals surface area contributed by atoms with Gasteiger partial charge in [-0.1, -0.05) is 12.1 Å². The zero-order valence-corrected chi connectivity index (χ0v) is 10.6. The lowest BCUT2D eigenvalue weighted by Crippen LogP contribution is -2.36. The third-order valence-corrected chi connectivity index (χ3v) is 3.17. The summed E-state index contributed by atoms with van der Waals surface area (Å²) in [7, 11) is 0. The standard InChI is InChI=1S/C13H16O7/c14-5-13(6-15,7-16)4-8-2-1-3-9(11(17)18)10(8)12(19)20/h1-3,14-16H,4-7H2,(H,17,18)(H,19,20). The Morgan fingerprint density at radius 1 is 0.950 bits per heavy atom. The maximum Gasteiger partial charge on any atom is 0.336 e. The monoisotopic (exact) mass is 284 g/mol. The first-order valence-electron chi connectivity index (χ1n) is 5.82. The van der Waals surface area contributed by atoms with Crippen molar-refractivity contribution in [2.45, 2.75) is 6.42 Å². The molecule has 5 N–H and O–H groups in total. The second kappa shape index (κ2) is 6.47. The van der Waals surface area contributed by atoms with E-state index in [2.05, 4.69) is 0 Å². The van der Waals surface area contributed by atoms with Crippen LogP contribution in [-0.4, -0.2) is 57.3 Å². The van der Waals surface area contributed by atoms with E-state index in [-0.39, 0.29) is 17.5 Å². The minimum absolute atomic E-state index is 0.134. The van der Waals surface area contributed by atoms with Crippen LogP contribution in [0.4, 0.5) is 0 Å². The first-order chi connectivity index (χ1) is 9.40. The van der Waals surface area contributed by atoms with Gasteiger partial charge < -0.3 is 25.5 Å². The third-order valence-electron chi connectivity index (χ3n) is 3.17. The first-order valence-corrected chi connectivity index (χ1v) is 5.82. The fourth-order valence-corrected chi connectivity index (χ4v) is 1.90. The summed E-state index contributed by atoms with van der Waals surface area (Å²) >= 11 is 0. The van der Waals surface area contributed by atoms with Gasteiger partial charge in [-0.3, -0.25) is 0 Å². The average molecular weight is 284 g/mol. The van der Waals surface area contributed by atoms with Crippen LogP contribution in [0.25, 0.3) is 0 Å². The van der Waals surface area contributed by atoms with Gasteiger partial charge in [0.25, 0.3) is 0 Å². The molecule has 0 saturated carbocycles. The molecule has 0 unspecified atom stereocenters. The van der Waals surface area contributed by atoms with Crippen LogP contribution in [0, 0.1) is 5.41 Å². The molecule has 0 fully saturated rings. The molecule has 0 spiro atoms. The zero-order chi connectivity index (χ0) is 15.3. The van der Waals surface area contributed by atoms with Crippen molar-refractivity contribution in [3.8, 4) is 0 Å². The molecule has 0 aliphatic rings. The summed E-state index contributed by atoms with van der Waals surface area (Å²) in [5.41, 5.74) is -1.95. The van der Waals surface area contributed by atoms with E-state index in [0.29, 0.717) is 0 Å². The molecule has 0 bridgehead atoms. The molecule has 0 radical (unpaired) electrons. The lowest BCUT2D eigenvalue weighted by atomic mass is 9.81. The Morgan fingerprint density at radius 3 is 1.90 bits per heavy atom. The number of hydrogen-bond donors (Lipinski definition) is 5. The molecule has 7 nitrogen and oxygen atoms in total. The summed E-state index contributed by atoms with van der Waals surface area (Å²) in [6.45, 7) is -1.68. The van der Waals surface area contributed by atoms with Gasteiger partial charge >= 0.3 is 11.9 Å². The van der Waals surface area contributed by atoms with Crippen LogP contribution < -0.4 is 0 Å². The van der Waals surface area contributed by atoms with Crippen LogP contribution in [-0.2, 0) is 6.42 Å². The Kier molecular flexibility index (Phi) is 5.20. The van der Waals surface area contributed by atoms with Gasteiger partial charge in [-0.15, -0.1) is 0 Å². The molecule has 0 saturated heterocycles. The quantitative estimate of drug-likeness (QED) is 0.459. The summed E-state index contributed by atoms with van der Waals surface area (Å²) in [4.78, 5) is 22.3. The Hall–Kier alpha value is -1.96. The highest BCUT2D eigenvalue weighted by Gasteiger charge is 2.31. The Morgan fingerprint density at radius 2 is 1.50 bits per heavy atom. The first kappa shape index (κ1) is 16.1. The number of aromatic carboxylic acids is 2. The van der Waals surface area contributed by atoms with Gasteiger partial charge in [-0.2, -0.15) is 0 Å². The highest BCUT2D eigenvalue weighted by Crippen LogP contribution is 2.26. The topological polar surface area (TPSA) is 135 Å². The number of carbonyl (C=O) groups is 2. The minimum atomic E-state index is -1.42. The Labute approximate surface area is 114 Å². The van der Waals surface area contributed by atoms with E-state index in [1.807, 2.05) is 0 Å². The van der Waals surface area contributed by atoms with Crippen molar-refractivity contribution in [3.63, 3.8) is 0 Å². The van der Waals surface area contributed by atoms with Crippen LogP contribution in [0.1, 0.15) is 26.3 Å². The average Bonchev–Trinajstić information content (AvgIpc) is 2.44. The third kappa shape index (κ3) is 3.13. The van der Waals surface area contributed by atoms with Crippen LogP contribution in [0.15, 0.2) is 18.2 Å². The predicted molar refractivity (Wildman–Crippen MR) is 67.8 cm³/mol. The van der Waals surface area contributed by atoms with E-state index in [9.17, 15) is 24.9 Å². The fourth-order valence-electron chi connectivity index (χ4n) is 1.90. The second-order valence-electron chi connectivity index (χ2n) is 4.60. The number of rotatable bonds is 7. The minimum Gasteiger partial charge on any atom is -0.478 e. The molecule has 0 aromatic heterocycles. The van der Waals surface area contributed by atoms with Crippen LogP contribution in [0.2, 0.25) is 0 Å². The molecule has 20 heavy (non-hydrogen) atoms. The molecule has 0 aliphatic carbocycles. The van der Waals surface area contributed by atoms with E-state index in [1.54, 1.807) is 0 Å². The SMILES string of the molecule is O=C(O)c1cccc(CC(CO)(CO)CO)c1C(=O)O. The summed E-state index contributed by atoms with van der Waals surface area (Å²) in [5.74, 6) is -2.80. The van der Waals surface area contributed by atoms with Crippen LogP contribution >= 0.6 is 0 Å². The molecule has 0 amide bonds. The maximum atomic E-state index is 11.2. The van der Waals surface area contributed by atoms with E-state index in [4.69, 9.17) is 10.2 Å². The fraction of sp³-hybridized carbons (Fsp3) is 0.385.